The smallest absolute Gasteiger partial charge is 0.254 e. The van der Waals surface area contributed by atoms with Crippen molar-refractivity contribution in [1.29, 1.82) is 0 Å². The number of amides is 1. The SMILES string of the molecule is CCCCn1ncc(C(N)=O)c1N. The molecule has 0 bridgehead atoms. The van der Waals surface area contributed by atoms with Crippen LogP contribution in [0.2, 0.25) is 0 Å². The van der Waals surface area contributed by atoms with Crippen molar-refractivity contribution in [2.75, 3.05) is 5.73 Å². The van der Waals surface area contributed by atoms with Crippen LogP contribution in [0.1, 0.15) is 30.1 Å². The number of carbonyl (C=O) groups excluding carboxylic acids is 1. The van der Waals surface area contributed by atoms with E-state index in [1.807, 2.05) is 0 Å². The van der Waals surface area contributed by atoms with Crippen molar-refractivity contribution in [3.8, 4) is 0 Å². The predicted octanol–water partition coefficient (Wildman–Crippen LogP) is 0.364. The van der Waals surface area contributed by atoms with Crippen LogP contribution in [0.25, 0.3) is 0 Å². The Hall–Kier alpha value is -1.52. The summed E-state index contributed by atoms with van der Waals surface area (Å²) in [6.07, 6.45) is 3.46. The average Bonchev–Trinajstić information content (AvgIpc) is 2.43. The molecule has 0 fully saturated rings. The molecule has 1 aromatic heterocycles. The maximum Gasteiger partial charge on any atom is 0.254 e. The van der Waals surface area contributed by atoms with Crippen LogP contribution in [-0.2, 0) is 6.54 Å². The van der Waals surface area contributed by atoms with Crippen LogP contribution in [0.15, 0.2) is 6.20 Å². The number of nitrogen functional groups attached to an aromatic ring is 1. The molecule has 1 heterocycles. The Labute approximate surface area is 76.7 Å². The van der Waals surface area contributed by atoms with Gasteiger partial charge in [-0.1, -0.05) is 13.3 Å². The zero-order valence-electron chi connectivity index (χ0n) is 7.66. The fourth-order valence-corrected chi connectivity index (χ4v) is 1.07. The number of aryl methyl sites for hydroxylation is 1. The van der Waals surface area contributed by atoms with Gasteiger partial charge in [-0.25, -0.2) is 4.68 Å². The molecule has 0 spiro atoms. The number of unbranched alkanes of at least 4 members (excludes halogenated alkanes) is 1. The van der Waals surface area contributed by atoms with Gasteiger partial charge in [0.05, 0.1) is 6.20 Å². The summed E-state index contributed by atoms with van der Waals surface area (Å²) in [6, 6.07) is 0. The van der Waals surface area contributed by atoms with Crippen molar-refractivity contribution in [3.63, 3.8) is 0 Å². The highest BCUT2D eigenvalue weighted by molar-refractivity contribution is 5.96. The third kappa shape index (κ3) is 1.99. The number of primary amides is 1. The molecule has 1 rings (SSSR count). The van der Waals surface area contributed by atoms with Crippen molar-refractivity contribution in [2.45, 2.75) is 26.3 Å². The highest BCUT2D eigenvalue weighted by Gasteiger charge is 2.10. The normalized spacial score (nSPS) is 10.2. The van der Waals surface area contributed by atoms with Crippen molar-refractivity contribution < 1.29 is 4.79 Å². The van der Waals surface area contributed by atoms with E-state index in [1.54, 1.807) is 4.68 Å². The lowest BCUT2D eigenvalue weighted by molar-refractivity contribution is 0.100. The Balaban J connectivity index is 2.80. The molecule has 5 nitrogen and oxygen atoms in total. The van der Waals surface area contributed by atoms with Crippen LogP contribution < -0.4 is 11.5 Å². The number of hydrogen-bond acceptors (Lipinski definition) is 3. The van der Waals surface area contributed by atoms with E-state index in [2.05, 4.69) is 12.0 Å². The minimum atomic E-state index is -0.528. The van der Waals surface area contributed by atoms with E-state index < -0.39 is 5.91 Å². The summed E-state index contributed by atoms with van der Waals surface area (Å²) < 4.78 is 1.60. The topological polar surface area (TPSA) is 86.9 Å². The Morgan fingerprint density at radius 1 is 1.69 bits per heavy atom. The number of nitrogens with two attached hydrogens (primary N) is 2. The number of nitrogens with zero attached hydrogens (tertiary/aromatic N) is 2. The molecule has 0 aliphatic rings. The summed E-state index contributed by atoms with van der Waals surface area (Å²) in [4.78, 5) is 10.8. The second-order valence-electron chi connectivity index (χ2n) is 2.88. The molecule has 0 atom stereocenters. The van der Waals surface area contributed by atoms with Gasteiger partial charge in [0, 0.05) is 6.54 Å². The lowest BCUT2D eigenvalue weighted by Gasteiger charge is -2.02. The Kier molecular flexibility index (Phi) is 2.89. The molecule has 0 aromatic carbocycles. The first-order valence-corrected chi connectivity index (χ1v) is 4.28. The molecule has 0 saturated heterocycles. The first-order valence-electron chi connectivity index (χ1n) is 4.28. The van der Waals surface area contributed by atoms with Gasteiger partial charge in [-0.15, -0.1) is 0 Å². The molecule has 0 aliphatic carbocycles. The average molecular weight is 182 g/mol. The van der Waals surface area contributed by atoms with Crippen LogP contribution in [-0.4, -0.2) is 15.7 Å². The van der Waals surface area contributed by atoms with Gasteiger partial charge in [-0.05, 0) is 6.42 Å². The summed E-state index contributed by atoms with van der Waals surface area (Å²) in [5, 5.41) is 3.97. The Morgan fingerprint density at radius 2 is 2.38 bits per heavy atom. The lowest BCUT2D eigenvalue weighted by Crippen LogP contribution is -2.13. The third-order valence-corrected chi connectivity index (χ3v) is 1.87. The van der Waals surface area contributed by atoms with Crippen LogP contribution in [0.4, 0.5) is 5.82 Å². The first kappa shape index (κ1) is 9.57. The Bertz CT molecular complexity index is 305. The minimum Gasteiger partial charge on any atom is -0.383 e. The second-order valence-corrected chi connectivity index (χ2v) is 2.88. The quantitative estimate of drug-likeness (QED) is 0.705. The van der Waals surface area contributed by atoms with Gasteiger partial charge >= 0.3 is 0 Å². The lowest BCUT2D eigenvalue weighted by atomic mass is 10.3. The first-order chi connectivity index (χ1) is 6.16. The predicted molar refractivity (Wildman–Crippen MR) is 50.1 cm³/mol. The highest BCUT2D eigenvalue weighted by Crippen LogP contribution is 2.10. The maximum atomic E-state index is 10.8. The molecule has 1 aromatic rings. The molecular weight excluding hydrogens is 168 g/mol. The zero-order chi connectivity index (χ0) is 9.84. The second kappa shape index (κ2) is 3.93. The van der Waals surface area contributed by atoms with E-state index in [9.17, 15) is 4.79 Å². The molecule has 0 saturated carbocycles. The number of aromatic nitrogens is 2. The molecule has 0 radical (unpaired) electrons. The monoisotopic (exact) mass is 182 g/mol. The summed E-state index contributed by atoms with van der Waals surface area (Å²) in [5.41, 5.74) is 11.0. The molecule has 0 unspecified atom stereocenters. The molecule has 1 amide bonds. The standard InChI is InChI=1S/C8H14N4O/c1-2-3-4-12-7(9)6(5-11-12)8(10)13/h5H,2-4,9H2,1H3,(H2,10,13). The van der Waals surface area contributed by atoms with Gasteiger partial charge in [0.2, 0.25) is 0 Å². The number of anilines is 1. The van der Waals surface area contributed by atoms with Crippen molar-refractivity contribution in [3.05, 3.63) is 11.8 Å². The minimum absolute atomic E-state index is 0.302. The largest absolute Gasteiger partial charge is 0.383 e. The summed E-state index contributed by atoms with van der Waals surface area (Å²) in [7, 11) is 0. The van der Waals surface area contributed by atoms with Crippen molar-refractivity contribution in [2.24, 2.45) is 5.73 Å². The summed E-state index contributed by atoms with van der Waals surface area (Å²) >= 11 is 0. The fraction of sp³-hybridized carbons (Fsp3) is 0.500. The van der Waals surface area contributed by atoms with Crippen LogP contribution in [0, 0.1) is 0 Å². The van der Waals surface area contributed by atoms with E-state index >= 15 is 0 Å². The highest BCUT2D eigenvalue weighted by atomic mass is 16.1. The van der Waals surface area contributed by atoms with Gasteiger partial charge in [0.15, 0.2) is 0 Å². The number of rotatable bonds is 4. The van der Waals surface area contributed by atoms with Gasteiger partial charge < -0.3 is 11.5 Å². The number of carbonyl (C=O) groups is 1. The number of hydrogen-bond donors (Lipinski definition) is 2. The van der Waals surface area contributed by atoms with Crippen molar-refractivity contribution >= 4 is 11.7 Å². The summed E-state index contributed by atoms with van der Waals surface area (Å²) in [6.45, 7) is 2.81. The maximum absolute atomic E-state index is 10.8. The van der Waals surface area contributed by atoms with Crippen LogP contribution in [0.3, 0.4) is 0 Å². The molecule has 5 heteroatoms. The zero-order valence-corrected chi connectivity index (χ0v) is 7.66. The molecule has 72 valence electrons. The van der Waals surface area contributed by atoms with Crippen LogP contribution in [0.5, 0.6) is 0 Å². The third-order valence-electron chi connectivity index (χ3n) is 1.87. The summed E-state index contributed by atoms with van der Waals surface area (Å²) in [5.74, 6) is -0.166. The molecule has 13 heavy (non-hydrogen) atoms. The van der Waals surface area contributed by atoms with Gasteiger partial charge in [0.25, 0.3) is 5.91 Å². The van der Waals surface area contributed by atoms with E-state index in [4.69, 9.17) is 11.5 Å². The van der Waals surface area contributed by atoms with E-state index in [-0.39, 0.29) is 0 Å². The van der Waals surface area contributed by atoms with Crippen molar-refractivity contribution in [1.82, 2.24) is 9.78 Å². The van der Waals surface area contributed by atoms with Crippen LogP contribution >= 0.6 is 0 Å². The molecule has 4 N–H and O–H groups in total. The van der Waals surface area contributed by atoms with E-state index in [1.165, 1.54) is 6.20 Å². The van der Waals surface area contributed by atoms with E-state index in [0.717, 1.165) is 19.4 Å². The van der Waals surface area contributed by atoms with Gasteiger partial charge in [-0.2, -0.15) is 5.10 Å². The van der Waals surface area contributed by atoms with E-state index in [0.29, 0.717) is 11.4 Å². The Morgan fingerprint density at radius 3 is 2.85 bits per heavy atom. The van der Waals surface area contributed by atoms with Gasteiger partial charge in [-0.3, -0.25) is 4.79 Å². The van der Waals surface area contributed by atoms with Gasteiger partial charge in [0.1, 0.15) is 11.4 Å². The molecular formula is C8H14N4O. The fourth-order valence-electron chi connectivity index (χ4n) is 1.07. The molecule has 0 aliphatic heterocycles.